The molecule has 4 heteroatoms. The number of benzene rings is 11. The van der Waals surface area contributed by atoms with Crippen LogP contribution in [0.4, 0.5) is 34.1 Å². The maximum atomic E-state index is 9.23. The molecule has 4 heterocycles. The molecule has 0 bridgehead atoms. The van der Waals surface area contributed by atoms with Gasteiger partial charge in [0.25, 0.3) is 0 Å². The maximum absolute atomic E-state index is 9.23. The number of anilines is 6. The van der Waals surface area contributed by atoms with Gasteiger partial charge in [-0.15, -0.1) is 0 Å². The van der Waals surface area contributed by atoms with Gasteiger partial charge in [-0.25, -0.2) is 0 Å². The number of aromatic nitrogens is 2. The smallest absolute Gasteiger partial charge is 0.0641 e. The van der Waals surface area contributed by atoms with E-state index in [0.29, 0.717) is 22.5 Å². The first-order valence-corrected chi connectivity index (χ1v) is 26.6. The number of nitrogens with zero attached hydrogens (tertiary/aromatic N) is 4. The summed E-state index contributed by atoms with van der Waals surface area (Å²) in [6.45, 7) is 13.1. The Kier molecular flexibility index (Phi) is 8.00. The topological polar surface area (TPSA) is 15.3 Å². The van der Waals surface area contributed by atoms with Crippen LogP contribution in [0.25, 0.3) is 98.4 Å². The van der Waals surface area contributed by atoms with Crippen LogP contribution in [-0.2, 0) is 10.8 Å². The average molecular weight is 1010 g/mol. The lowest BCUT2D eigenvalue weighted by atomic mass is 9.86. The second kappa shape index (κ2) is 17.1. The van der Waals surface area contributed by atoms with Crippen molar-refractivity contribution < 1.29 is 13.7 Å². The molecule has 0 saturated heterocycles. The van der Waals surface area contributed by atoms with Crippen molar-refractivity contribution in [1.29, 1.82) is 0 Å². The first kappa shape index (κ1) is 36.6. The molecule has 0 fully saturated rings. The van der Waals surface area contributed by atoms with Crippen LogP contribution in [0.5, 0.6) is 0 Å². The van der Waals surface area contributed by atoms with E-state index in [1.165, 1.54) is 0 Å². The van der Waals surface area contributed by atoms with E-state index in [1.54, 1.807) is 0 Å². The van der Waals surface area contributed by atoms with Gasteiger partial charge in [0.1, 0.15) is 0 Å². The zero-order valence-electron chi connectivity index (χ0n) is 54.1. The van der Waals surface area contributed by atoms with Gasteiger partial charge in [-0.3, -0.25) is 0 Å². The van der Waals surface area contributed by atoms with Gasteiger partial charge in [0.15, 0.2) is 0 Å². The minimum atomic E-state index is -0.443. The summed E-state index contributed by atoms with van der Waals surface area (Å²) in [6, 6.07) is 59.1. The molecule has 78 heavy (non-hydrogen) atoms. The van der Waals surface area contributed by atoms with Crippen molar-refractivity contribution in [2.45, 2.75) is 52.4 Å². The molecule has 4 nitrogen and oxygen atoms in total. The maximum Gasteiger partial charge on any atom is 0.0641 e. The number of fused-ring (bicyclic) bond motifs is 12. The summed E-state index contributed by atoms with van der Waals surface area (Å²) in [5.41, 5.74) is 13.9. The van der Waals surface area contributed by atoms with Crippen molar-refractivity contribution >= 4 is 110 Å². The van der Waals surface area contributed by atoms with E-state index in [2.05, 4.69) is 194 Å². The molecule has 0 saturated carbocycles. The highest BCUT2D eigenvalue weighted by atomic mass is 15.2. The van der Waals surface area contributed by atoms with E-state index < -0.39 is 36.3 Å². The largest absolute Gasteiger partial charge is 0.309 e. The summed E-state index contributed by atoms with van der Waals surface area (Å²) in [4.78, 5) is 4.40. The normalized spacial score (nSPS) is 14.3. The van der Waals surface area contributed by atoms with Crippen LogP contribution in [0, 0.1) is 0 Å². The summed E-state index contributed by atoms with van der Waals surface area (Å²) in [6.07, 6.45) is 0. The van der Waals surface area contributed by atoms with Gasteiger partial charge in [0.05, 0.1) is 69.6 Å². The summed E-state index contributed by atoms with van der Waals surface area (Å²) in [7, 11) is 0. The molecule has 0 atom stereocenters. The fourth-order valence-electron chi connectivity index (χ4n) is 12.4. The fraction of sp³-hybridized carbons (Fsp3) is 0.108. The minimum Gasteiger partial charge on any atom is -0.309 e. The molecule has 0 aliphatic heterocycles. The Bertz CT molecular complexity index is 5060. The first-order chi connectivity index (χ1) is 42.1. The SMILES string of the molecule is [2H]c1c([2H])c([2H])c(-c2ccccc2N(c2cccc(C(C)(C)C)c2)c2ccc3c4cc5c(cc4n4c6ccccc6c2c34)c2ccc(N(c3cccc(C(C)(C)C)c3)c3ccccc3-c3c([2H])c([2H])c([2H])c([2H])c3[2H])c3c4ccccc4n5c23)c([2H])c1[2H]. The highest BCUT2D eigenvalue weighted by Gasteiger charge is 2.30. The summed E-state index contributed by atoms with van der Waals surface area (Å²) in [5.74, 6) is 0. The van der Waals surface area contributed by atoms with Crippen molar-refractivity contribution in [3.63, 3.8) is 0 Å². The third-order valence-electron chi connectivity index (χ3n) is 16.0. The van der Waals surface area contributed by atoms with Crippen molar-refractivity contribution in [3.8, 4) is 22.3 Å². The van der Waals surface area contributed by atoms with E-state index in [9.17, 15) is 5.48 Å². The van der Waals surface area contributed by atoms with Gasteiger partial charge < -0.3 is 18.6 Å². The lowest BCUT2D eigenvalue weighted by molar-refractivity contribution is 0.590. The molecular weight excluding hydrogens is 945 g/mol. The van der Waals surface area contributed by atoms with Crippen LogP contribution in [-0.4, -0.2) is 8.80 Å². The van der Waals surface area contributed by atoms with E-state index in [-0.39, 0.29) is 46.1 Å². The number of hydrogen-bond donors (Lipinski definition) is 0. The highest BCUT2D eigenvalue weighted by molar-refractivity contribution is 6.32. The van der Waals surface area contributed by atoms with Gasteiger partial charge in [0, 0.05) is 65.6 Å². The van der Waals surface area contributed by atoms with E-state index in [0.717, 1.165) is 110 Å². The molecule has 0 amide bonds. The molecule has 374 valence electrons. The zero-order valence-corrected chi connectivity index (χ0v) is 44.1. The standard InChI is InChI=1S/C74H58N4/c1-73(2,3)49-27-21-29-51(43-49)75(61-35-17-13-31-53(61)47-23-9-7-10-24-47)65-41-39-55-59-45-68-60(46-67(59)77-63-37-19-15-33-57(63)69(65)71(55)77)56-40-42-66(70-58-34-16-20-38-64(58)78(68)72(56)70)76(52-30-22-28-50(44-52)74(4,5)6)62-36-18-14-32-54(62)48-25-11-8-12-26-48/h7-46H,1-6H3/i7D,8D,9D,10D,11D,12D,23D,24D,25D,26D. The second-order valence-corrected chi connectivity index (χ2v) is 22.6. The third kappa shape index (κ3) is 6.85. The Labute approximate surface area is 469 Å². The van der Waals surface area contributed by atoms with Gasteiger partial charge in [0.2, 0.25) is 0 Å². The molecule has 0 radical (unpaired) electrons. The van der Waals surface area contributed by atoms with Crippen molar-refractivity contribution in [2.75, 3.05) is 9.80 Å². The van der Waals surface area contributed by atoms with Crippen LogP contribution < -0.4 is 9.80 Å². The second-order valence-electron chi connectivity index (χ2n) is 22.6. The Morgan fingerprint density at radius 1 is 0.333 bits per heavy atom. The number of para-hydroxylation sites is 4. The number of rotatable bonds is 8. The van der Waals surface area contributed by atoms with E-state index in [1.807, 2.05) is 48.5 Å². The number of hydrogen-bond acceptors (Lipinski definition) is 2. The molecule has 0 spiro atoms. The molecule has 0 N–H and O–H groups in total. The summed E-state index contributed by atoms with van der Waals surface area (Å²) >= 11 is 0. The molecule has 15 aromatic rings. The fourth-order valence-corrected chi connectivity index (χ4v) is 12.4. The molecule has 11 aromatic carbocycles. The summed E-state index contributed by atoms with van der Waals surface area (Å²) < 4.78 is 93.7. The minimum absolute atomic E-state index is 0.125. The Morgan fingerprint density at radius 3 is 1.15 bits per heavy atom. The third-order valence-corrected chi connectivity index (χ3v) is 16.0. The van der Waals surface area contributed by atoms with Gasteiger partial charge in [-0.1, -0.05) is 211 Å². The quantitative estimate of drug-likeness (QED) is 0.151. The van der Waals surface area contributed by atoms with Crippen LogP contribution in [0.15, 0.2) is 242 Å². The van der Waals surface area contributed by atoms with E-state index >= 15 is 0 Å². The molecule has 0 aliphatic carbocycles. The van der Waals surface area contributed by atoms with Crippen LogP contribution in [0.2, 0.25) is 0 Å². The lowest BCUT2D eigenvalue weighted by Gasteiger charge is -2.30. The van der Waals surface area contributed by atoms with Crippen LogP contribution in [0.3, 0.4) is 0 Å². The van der Waals surface area contributed by atoms with Crippen LogP contribution in [0.1, 0.15) is 66.4 Å². The Balaban J connectivity index is 1.01. The summed E-state index contributed by atoms with van der Waals surface area (Å²) in [5, 5.41) is 8.28. The predicted octanol–water partition coefficient (Wildman–Crippen LogP) is 20.9. The zero-order chi connectivity index (χ0) is 61.3. The molecule has 4 aromatic heterocycles. The average Bonchev–Trinajstić information content (AvgIpc) is 1.52. The van der Waals surface area contributed by atoms with Crippen LogP contribution >= 0.6 is 0 Å². The molecular formula is C74H58N4. The molecule has 15 rings (SSSR count). The highest BCUT2D eigenvalue weighted by Crippen LogP contribution is 2.53. The first-order valence-electron chi connectivity index (χ1n) is 31.6. The van der Waals surface area contributed by atoms with Crippen molar-refractivity contribution in [2.24, 2.45) is 0 Å². The molecule has 0 unspecified atom stereocenters. The van der Waals surface area contributed by atoms with Crippen molar-refractivity contribution in [3.05, 3.63) is 254 Å². The Morgan fingerprint density at radius 2 is 0.731 bits per heavy atom. The monoisotopic (exact) mass is 1010 g/mol. The molecule has 0 aliphatic rings. The van der Waals surface area contributed by atoms with Crippen molar-refractivity contribution in [1.82, 2.24) is 8.80 Å². The Hall–Kier alpha value is -9.38. The van der Waals surface area contributed by atoms with Gasteiger partial charge in [-0.05, 0) is 106 Å². The lowest BCUT2D eigenvalue weighted by Crippen LogP contribution is -2.15. The van der Waals surface area contributed by atoms with Gasteiger partial charge in [-0.2, -0.15) is 0 Å². The predicted molar refractivity (Wildman–Crippen MR) is 333 cm³/mol. The van der Waals surface area contributed by atoms with Gasteiger partial charge >= 0.3 is 0 Å². The van der Waals surface area contributed by atoms with E-state index in [4.69, 9.17) is 8.22 Å².